The van der Waals surface area contributed by atoms with Gasteiger partial charge in [0.05, 0.1) is 10.9 Å². The van der Waals surface area contributed by atoms with E-state index in [1.54, 1.807) is 16.4 Å². The van der Waals surface area contributed by atoms with E-state index in [0.717, 1.165) is 24.0 Å². The van der Waals surface area contributed by atoms with Crippen molar-refractivity contribution >= 4 is 21.6 Å². The van der Waals surface area contributed by atoms with E-state index < -0.39 is 10.0 Å². The second-order valence-electron chi connectivity index (χ2n) is 5.56. The lowest BCUT2D eigenvalue weighted by Gasteiger charge is -2.25. The van der Waals surface area contributed by atoms with Gasteiger partial charge >= 0.3 is 0 Å². The Hall–Kier alpha value is -1.36. The average Bonchev–Trinajstić information content (AvgIpc) is 2.98. The maximum Gasteiger partial charge on any atom is 0.243 e. The molecular weight excluding hydrogens is 318 g/mol. The Morgan fingerprint density at radius 1 is 1.09 bits per heavy atom. The summed E-state index contributed by atoms with van der Waals surface area (Å²) >= 11 is 6.28. The van der Waals surface area contributed by atoms with Crippen molar-refractivity contribution in [1.29, 1.82) is 0 Å². The number of halogens is 1. The van der Waals surface area contributed by atoms with Crippen LogP contribution in [-0.4, -0.2) is 19.3 Å². The third-order valence-corrected chi connectivity index (χ3v) is 6.56. The van der Waals surface area contributed by atoms with E-state index >= 15 is 0 Å². The zero-order chi connectivity index (χ0) is 15.7. The van der Waals surface area contributed by atoms with E-state index in [9.17, 15) is 8.42 Å². The molecule has 0 aromatic heterocycles. The topological polar surface area (TPSA) is 37.4 Å². The van der Waals surface area contributed by atoms with E-state index in [0.29, 0.717) is 16.5 Å². The standard InChI is InChI=1S/C17H18ClNO2S/c1-13-7-2-5-11-17(13)22(20,21)19-12-6-10-16(19)14-8-3-4-9-15(14)18/h2-5,7-9,11,16H,6,10,12H2,1H3/t16-/m1/s1. The number of aryl methyl sites for hydroxylation is 1. The van der Waals surface area contributed by atoms with Gasteiger partial charge in [0.2, 0.25) is 10.0 Å². The molecule has 0 N–H and O–H groups in total. The Morgan fingerprint density at radius 2 is 1.77 bits per heavy atom. The minimum absolute atomic E-state index is 0.182. The zero-order valence-electron chi connectivity index (χ0n) is 12.4. The molecule has 1 aliphatic heterocycles. The van der Waals surface area contributed by atoms with Gasteiger partial charge in [0.25, 0.3) is 0 Å². The molecule has 1 heterocycles. The fourth-order valence-electron chi connectivity index (χ4n) is 3.06. The summed E-state index contributed by atoms with van der Waals surface area (Å²) in [6.45, 7) is 2.36. The molecule has 0 spiro atoms. The summed E-state index contributed by atoms with van der Waals surface area (Å²) in [4.78, 5) is 0.383. The Labute approximate surface area is 136 Å². The maximum absolute atomic E-state index is 13.0. The van der Waals surface area contributed by atoms with Crippen LogP contribution in [0.1, 0.15) is 30.0 Å². The quantitative estimate of drug-likeness (QED) is 0.844. The molecule has 0 saturated carbocycles. The monoisotopic (exact) mass is 335 g/mol. The zero-order valence-corrected chi connectivity index (χ0v) is 13.9. The van der Waals surface area contributed by atoms with E-state index in [4.69, 9.17) is 11.6 Å². The van der Waals surface area contributed by atoms with Gasteiger partial charge < -0.3 is 0 Å². The van der Waals surface area contributed by atoms with Crippen LogP contribution in [0.4, 0.5) is 0 Å². The average molecular weight is 336 g/mol. The fourth-order valence-corrected chi connectivity index (χ4v) is 5.22. The van der Waals surface area contributed by atoms with E-state index in [1.165, 1.54) is 0 Å². The smallest absolute Gasteiger partial charge is 0.207 e. The van der Waals surface area contributed by atoms with Crippen LogP contribution in [0.5, 0.6) is 0 Å². The second-order valence-corrected chi connectivity index (χ2v) is 7.83. The summed E-state index contributed by atoms with van der Waals surface area (Å²) in [5.74, 6) is 0. The molecule has 1 saturated heterocycles. The maximum atomic E-state index is 13.0. The third-order valence-electron chi connectivity index (χ3n) is 4.15. The number of hydrogen-bond acceptors (Lipinski definition) is 2. The van der Waals surface area contributed by atoms with Crippen molar-refractivity contribution in [2.75, 3.05) is 6.54 Å². The van der Waals surface area contributed by atoms with Crippen LogP contribution in [0, 0.1) is 6.92 Å². The molecule has 0 aliphatic carbocycles. The highest BCUT2D eigenvalue weighted by molar-refractivity contribution is 7.89. The van der Waals surface area contributed by atoms with Crippen LogP contribution in [-0.2, 0) is 10.0 Å². The van der Waals surface area contributed by atoms with Gasteiger partial charge in [0.15, 0.2) is 0 Å². The van der Waals surface area contributed by atoms with E-state index in [2.05, 4.69) is 0 Å². The van der Waals surface area contributed by atoms with Crippen molar-refractivity contribution in [3.05, 3.63) is 64.7 Å². The summed E-state index contributed by atoms with van der Waals surface area (Å²) in [5.41, 5.74) is 1.66. The lowest BCUT2D eigenvalue weighted by Crippen LogP contribution is -2.31. The van der Waals surface area contributed by atoms with E-state index in [-0.39, 0.29) is 6.04 Å². The lowest BCUT2D eigenvalue weighted by molar-refractivity contribution is 0.396. The molecule has 3 rings (SSSR count). The molecule has 2 aromatic carbocycles. The van der Waals surface area contributed by atoms with Gasteiger partial charge in [-0.1, -0.05) is 48.0 Å². The van der Waals surface area contributed by atoms with Crippen molar-refractivity contribution in [2.45, 2.75) is 30.7 Å². The number of benzene rings is 2. The van der Waals surface area contributed by atoms with E-state index in [1.807, 2.05) is 43.3 Å². The number of nitrogens with zero attached hydrogens (tertiary/aromatic N) is 1. The molecule has 22 heavy (non-hydrogen) atoms. The number of rotatable bonds is 3. The molecule has 0 amide bonds. The Morgan fingerprint density at radius 3 is 2.50 bits per heavy atom. The van der Waals surface area contributed by atoms with Crippen LogP contribution >= 0.6 is 11.6 Å². The molecular formula is C17H18ClNO2S. The number of hydrogen-bond donors (Lipinski definition) is 0. The summed E-state index contributed by atoms with van der Waals surface area (Å²) in [6.07, 6.45) is 1.65. The summed E-state index contributed by atoms with van der Waals surface area (Å²) < 4.78 is 27.7. The fraction of sp³-hybridized carbons (Fsp3) is 0.294. The highest BCUT2D eigenvalue weighted by Gasteiger charge is 2.37. The first-order chi connectivity index (χ1) is 10.5. The van der Waals surface area contributed by atoms with Gasteiger partial charge in [0, 0.05) is 11.6 Å². The molecule has 116 valence electrons. The molecule has 1 aliphatic rings. The van der Waals surface area contributed by atoms with Crippen molar-refractivity contribution in [1.82, 2.24) is 4.31 Å². The lowest BCUT2D eigenvalue weighted by atomic mass is 10.1. The molecule has 3 nitrogen and oxygen atoms in total. The predicted molar refractivity (Wildman–Crippen MR) is 88.5 cm³/mol. The first-order valence-corrected chi connectivity index (χ1v) is 9.15. The largest absolute Gasteiger partial charge is 0.243 e. The Bertz CT molecular complexity index is 789. The van der Waals surface area contributed by atoms with Gasteiger partial charge in [0.1, 0.15) is 0 Å². The summed E-state index contributed by atoms with van der Waals surface area (Å²) in [7, 11) is -3.51. The van der Waals surface area contributed by atoms with Gasteiger partial charge in [-0.2, -0.15) is 4.31 Å². The minimum atomic E-state index is -3.51. The summed E-state index contributed by atoms with van der Waals surface area (Å²) in [6, 6.07) is 14.4. The van der Waals surface area contributed by atoms with Crippen LogP contribution in [0.15, 0.2) is 53.4 Å². The first-order valence-electron chi connectivity index (χ1n) is 7.34. The van der Waals surface area contributed by atoms with Gasteiger partial charge in [-0.3, -0.25) is 0 Å². The SMILES string of the molecule is Cc1ccccc1S(=O)(=O)N1CCC[C@@H]1c1ccccc1Cl. The van der Waals surface area contributed by atoms with Crippen molar-refractivity contribution < 1.29 is 8.42 Å². The van der Waals surface area contributed by atoms with Crippen LogP contribution < -0.4 is 0 Å². The van der Waals surface area contributed by atoms with Gasteiger partial charge in [-0.15, -0.1) is 0 Å². The highest BCUT2D eigenvalue weighted by atomic mass is 35.5. The molecule has 1 atom stereocenters. The van der Waals surface area contributed by atoms with Crippen molar-refractivity contribution in [3.63, 3.8) is 0 Å². The van der Waals surface area contributed by atoms with Gasteiger partial charge in [-0.05, 0) is 43.0 Å². The minimum Gasteiger partial charge on any atom is -0.207 e. The molecule has 5 heteroatoms. The normalized spacial score (nSPS) is 19.5. The molecule has 0 bridgehead atoms. The van der Waals surface area contributed by atoms with Crippen molar-refractivity contribution in [2.24, 2.45) is 0 Å². The Kier molecular flexibility index (Phi) is 4.26. The Balaban J connectivity index is 2.04. The second kappa shape index (κ2) is 6.03. The van der Waals surface area contributed by atoms with Crippen LogP contribution in [0.25, 0.3) is 0 Å². The van der Waals surface area contributed by atoms with Crippen molar-refractivity contribution in [3.8, 4) is 0 Å². The highest BCUT2D eigenvalue weighted by Crippen LogP contribution is 2.39. The first kappa shape index (κ1) is 15.5. The molecule has 0 radical (unpaired) electrons. The third kappa shape index (κ3) is 2.67. The molecule has 1 fully saturated rings. The predicted octanol–water partition coefficient (Wildman–Crippen LogP) is 4.17. The van der Waals surface area contributed by atoms with Gasteiger partial charge in [-0.25, -0.2) is 8.42 Å². The number of sulfonamides is 1. The molecule has 2 aromatic rings. The van der Waals surface area contributed by atoms with Crippen LogP contribution in [0.2, 0.25) is 5.02 Å². The van der Waals surface area contributed by atoms with Crippen LogP contribution in [0.3, 0.4) is 0 Å². The summed E-state index contributed by atoms with van der Waals surface area (Å²) in [5, 5.41) is 0.624. The molecule has 0 unspecified atom stereocenters.